The van der Waals surface area contributed by atoms with Gasteiger partial charge in [-0.1, -0.05) is 20.8 Å². The lowest BCUT2D eigenvalue weighted by atomic mass is 9.89. The van der Waals surface area contributed by atoms with Gasteiger partial charge in [0.1, 0.15) is 0 Å². The molecule has 1 saturated heterocycles. The summed E-state index contributed by atoms with van der Waals surface area (Å²) in [4.78, 5) is 6.88. The number of piperidine rings is 1. The van der Waals surface area contributed by atoms with Crippen molar-refractivity contribution in [1.82, 2.24) is 15.5 Å². The first-order chi connectivity index (χ1) is 11.4. The summed E-state index contributed by atoms with van der Waals surface area (Å²) >= 11 is 0. The van der Waals surface area contributed by atoms with Gasteiger partial charge in [0.25, 0.3) is 0 Å². The van der Waals surface area contributed by atoms with Crippen LogP contribution in [0.3, 0.4) is 0 Å². The Kier molecular flexibility index (Phi) is 13.0. The first-order valence-corrected chi connectivity index (χ1v) is 9.12. The van der Waals surface area contributed by atoms with E-state index in [1.165, 1.54) is 0 Å². The molecule has 0 amide bonds. The molecular weight excluding hydrogens is 431 g/mol. The summed E-state index contributed by atoms with van der Waals surface area (Å²) in [5.74, 6) is 0.874. The van der Waals surface area contributed by atoms with Gasteiger partial charge in [-0.15, -0.1) is 24.0 Å². The Morgan fingerprint density at radius 1 is 1.24 bits per heavy atom. The molecule has 1 aliphatic heterocycles. The predicted molar refractivity (Wildman–Crippen MR) is 116 cm³/mol. The Bertz CT molecular complexity index is 367. The van der Waals surface area contributed by atoms with Gasteiger partial charge in [0.2, 0.25) is 0 Å². The van der Waals surface area contributed by atoms with Gasteiger partial charge in [0.15, 0.2) is 5.96 Å². The minimum Gasteiger partial charge on any atom is -0.385 e. The maximum atomic E-state index is 5.60. The average molecular weight is 470 g/mol. The van der Waals surface area contributed by atoms with Crippen molar-refractivity contribution in [3.8, 4) is 0 Å². The topological polar surface area (TPSA) is 58.1 Å². The van der Waals surface area contributed by atoms with Crippen molar-refractivity contribution < 1.29 is 9.47 Å². The lowest BCUT2D eigenvalue weighted by molar-refractivity contribution is 0.0204. The maximum absolute atomic E-state index is 5.60. The second kappa shape index (κ2) is 13.1. The van der Waals surface area contributed by atoms with Gasteiger partial charge in [0.05, 0.1) is 6.10 Å². The second-order valence-corrected chi connectivity index (χ2v) is 7.65. The van der Waals surface area contributed by atoms with Crippen LogP contribution >= 0.6 is 24.0 Å². The van der Waals surface area contributed by atoms with E-state index in [0.29, 0.717) is 6.04 Å². The van der Waals surface area contributed by atoms with Crippen molar-refractivity contribution in [1.29, 1.82) is 0 Å². The summed E-state index contributed by atoms with van der Waals surface area (Å²) in [6, 6.07) is 0.491. The van der Waals surface area contributed by atoms with Crippen LogP contribution in [0.4, 0.5) is 0 Å². The van der Waals surface area contributed by atoms with Crippen LogP contribution in [-0.4, -0.2) is 77.1 Å². The third-order valence-electron chi connectivity index (χ3n) is 4.68. The smallest absolute Gasteiger partial charge is 0.191 e. The van der Waals surface area contributed by atoms with E-state index in [0.717, 1.165) is 58.0 Å². The van der Waals surface area contributed by atoms with Gasteiger partial charge in [-0.3, -0.25) is 4.99 Å². The molecule has 0 radical (unpaired) electrons. The number of guanidine groups is 1. The number of nitrogens with one attached hydrogen (secondary N) is 2. The van der Waals surface area contributed by atoms with Crippen molar-refractivity contribution in [2.45, 2.75) is 52.2 Å². The predicted octanol–water partition coefficient (Wildman–Crippen LogP) is 2.33. The second-order valence-electron chi connectivity index (χ2n) is 7.65. The Labute approximate surface area is 171 Å². The highest BCUT2D eigenvalue weighted by Gasteiger charge is 2.25. The Morgan fingerprint density at radius 3 is 2.36 bits per heavy atom. The summed E-state index contributed by atoms with van der Waals surface area (Å²) in [6.45, 7) is 11.6. The van der Waals surface area contributed by atoms with Crippen LogP contribution in [0.1, 0.15) is 40.0 Å². The molecular formula is C18H39IN4O2. The quantitative estimate of drug-likeness (QED) is 0.247. The zero-order valence-corrected chi connectivity index (χ0v) is 19.3. The average Bonchev–Trinajstić information content (AvgIpc) is 2.54. The molecule has 1 aliphatic rings. The van der Waals surface area contributed by atoms with E-state index in [1.54, 1.807) is 14.2 Å². The van der Waals surface area contributed by atoms with Crippen LogP contribution in [0.5, 0.6) is 0 Å². The first-order valence-electron chi connectivity index (χ1n) is 9.12. The fourth-order valence-corrected chi connectivity index (χ4v) is 3.05. The van der Waals surface area contributed by atoms with Gasteiger partial charge in [-0.2, -0.15) is 0 Å². The van der Waals surface area contributed by atoms with Crippen molar-refractivity contribution >= 4 is 29.9 Å². The van der Waals surface area contributed by atoms with E-state index in [1.807, 2.05) is 7.05 Å². The molecule has 150 valence electrons. The molecule has 2 N–H and O–H groups in total. The van der Waals surface area contributed by atoms with Crippen molar-refractivity contribution in [3.05, 3.63) is 0 Å². The number of likely N-dealkylation sites (tertiary alicyclic amines) is 1. The minimum absolute atomic E-state index is 0. The summed E-state index contributed by atoms with van der Waals surface area (Å²) in [6.07, 6.45) is 3.57. The molecule has 1 fully saturated rings. The van der Waals surface area contributed by atoms with Crippen LogP contribution in [0.15, 0.2) is 4.99 Å². The molecule has 1 unspecified atom stereocenters. The highest BCUT2D eigenvalue weighted by atomic mass is 127. The summed E-state index contributed by atoms with van der Waals surface area (Å²) in [5.41, 5.74) is 0.105. The largest absolute Gasteiger partial charge is 0.385 e. The third kappa shape index (κ3) is 9.96. The molecule has 0 spiro atoms. The summed E-state index contributed by atoms with van der Waals surface area (Å²) in [5, 5.41) is 6.97. The highest BCUT2D eigenvalue weighted by molar-refractivity contribution is 14.0. The fraction of sp³-hybridized carbons (Fsp3) is 0.944. The van der Waals surface area contributed by atoms with Crippen molar-refractivity contribution in [3.63, 3.8) is 0 Å². The van der Waals surface area contributed by atoms with Gasteiger partial charge < -0.3 is 25.0 Å². The van der Waals surface area contributed by atoms with E-state index in [2.05, 4.69) is 41.3 Å². The zero-order chi connectivity index (χ0) is 18.0. The van der Waals surface area contributed by atoms with Gasteiger partial charge in [0, 0.05) is 60.1 Å². The number of hydrogen-bond donors (Lipinski definition) is 2. The van der Waals surface area contributed by atoms with Gasteiger partial charge in [-0.05, 0) is 24.7 Å². The summed E-state index contributed by atoms with van der Waals surface area (Å²) < 4.78 is 10.7. The molecule has 0 aromatic heterocycles. The van der Waals surface area contributed by atoms with Crippen LogP contribution < -0.4 is 10.6 Å². The van der Waals surface area contributed by atoms with E-state index in [4.69, 9.17) is 9.47 Å². The fourth-order valence-electron chi connectivity index (χ4n) is 3.05. The standard InChI is InChI=1S/C18H38N4O2.HI/c1-18(2,3)16(24-6)14-20-17(19-4)21-15-8-11-22(12-9-15)10-7-13-23-5;/h15-16H,7-14H2,1-6H3,(H2,19,20,21);1H. The minimum atomic E-state index is 0. The molecule has 6 nitrogen and oxygen atoms in total. The number of halogens is 1. The number of nitrogens with zero attached hydrogens (tertiary/aromatic N) is 2. The monoisotopic (exact) mass is 470 g/mol. The lowest BCUT2D eigenvalue weighted by Crippen LogP contribution is -2.51. The van der Waals surface area contributed by atoms with E-state index >= 15 is 0 Å². The van der Waals surface area contributed by atoms with E-state index in [9.17, 15) is 0 Å². The Balaban J connectivity index is 0.00000576. The molecule has 1 atom stereocenters. The molecule has 0 aromatic rings. The number of methoxy groups -OCH3 is 2. The molecule has 1 rings (SSSR count). The van der Waals surface area contributed by atoms with Crippen LogP contribution in [0, 0.1) is 5.41 Å². The molecule has 0 aliphatic carbocycles. The first kappa shape index (κ1) is 24.9. The number of hydrogen-bond acceptors (Lipinski definition) is 4. The Hall–Kier alpha value is -0.120. The summed E-state index contributed by atoms with van der Waals surface area (Å²) in [7, 11) is 5.36. The van der Waals surface area contributed by atoms with Gasteiger partial charge in [-0.25, -0.2) is 0 Å². The van der Waals surface area contributed by atoms with E-state index in [-0.39, 0.29) is 35.5 Å². The molecule has 25 heavy (non-hydrogen) atoms. The van der Waals surface area contributed by atoms with Crippen molar-refractivity contribution in [2.24, 2.45) is 10.4 Å². The van der Waals surface area contributed by atoms with Crippen LogP contribution in [0.2, 0.25) is 0 Å². The number of rotatable bonds is 8. The SMILES string of the molecule is CN=C(NCC(OC)C(C)(C)C)NC1CCN(CCCOC)CC1.I. The molecule has 0 bridgehead atoms. The normalized spacial score (nSPS) is 18.6. The highest BCUT2D eigenvalue weighted by Crippen LogP contribution is 2.21. The zero-order valence-electron chi connectivity index (χ0n) is 16.9. The van der Waals surface area contributed by atoms with Gasteiger partial charge >= 0.3 is 0 Å². The molecule has 1 heterocycles. The lowest BCUT2D eigenvalue weighted by Gasteiger charge is -2.34. The van der Waals surface area contributed by atoms with Crippen LogP contribution in [-0.2, 0) is 9.47 Å². The molecule has 0 saturated carbocycles. The number of ether oxygens (including phenoxy) is 2. The molecule has 7 heteroatoms. The maximum Gasteiger partial charge on any atom is 0.191 e. The third-order valence-corrected chi connectivity index (χ3v) is 4.68. The van der Waals surface area contributed by atoms with Crippen LogP contribution in [0.25, 0.3) is 0 Å². The number of aliphatic imine (C=N–C) groups is 1. The Morgan fingerprint density at radius 2 is 1.88 bits per heavy atom. The van der Waals surface area contributed by atoms with E-state index < -0.39 is 0 Å². The molecule has 0 aromatic carbocycles. The van der Waals surface area contributed by atoms with Crippen molar-refractivity contribution in [2.75, 3.05) is 54.1 Å².